The first-order valence-electron chi connectivity index (χ1n) is 28.3. The molecular weight excluding hydrogens is 1010 g/mol. The maximum atomic E-state index is 17.0. The molecule has 7 aromatic rings. The molecule has 0 saturated carbocycles. The topological polar surface area (TPSA) is 82.3 Å². The second kappa shape index (κ2) is 19.4. The van der Waals surface area contributed by atoms with Crippen molar-refractivity contribution in [2.75, 3.05) is 22.9 Å². The van der Waals surface area contributed by atoms with E-state index >= 15 is 17.3 Å². The number of hydrogen-bond acceptors (Lipinski definition) is 4. The Morgan fingerprint density at radius 1 is 0.487 bits per heavy atom. The van der Waals surface area contributed by atoms with Crippen molar-refractivity contribution in [2.45, 2.75) is 123 Å². The molecule has 0 spiro atoms. The minimum Gasteiger partial charge on any atom is -0.393 e. The van der Waals surface area contributed by atoms with Crippen LogP contribution in [0, 0.1) is 27.7 Å². The molecule has 410 valence electrons. The molecule has 0 bridgehead atoms. The summed E-state index contributed by atoms with van der Waals surface area (Å²) in [5.74, 6) is -0.676. The van der Waals surface area contributed by atoms with Crippen molar-refractivity contribution in [3.05, 3.63) is 186 Å². The minimum atomic E-state index is -4.18. The zero-order valence-corrected chi connectivity index (χ0v) is 48.4. The summed E-state index contributed by atoms with van der Waals surface area (Å²) in [4.78, 5) is 42.5. The van der Waals surface area contributed by atoms with Crippen molar-refractivity contribution in [3.8, 4) is 0 Å². The first kappa shape index (κ1) is 54.1. The van der Waals surface area contributed by atoms with E-state index < -0.39 is 13.9 Å². The van der Waals surface area contributed by atoms with Gasteiger partial charge in [0, 0.05) is 82.8 Å². The van der Waals surface area contributed by atoms with E-state index in [0.29, 0.717) is 107 Å². The number of allylic oxidation sites excluding steroid dienone is 4. The van der Waals surface area contributed by atoms with Gasteiger partial charge in [0.1, 0.15) is 22.8 Å². The molecule has 4 aliphatic heterocycles. The Bertz CT molecular complexity index is 3830. The zero-order chi connectivity index (χ0) is 57.3. The van der Waals surface area contributed by atoms with Gasteiger partial charge in [-0.2, -0.15) is 0 Å². The maximum Gasteiger partial charge on any atom is 0.737 e. The Morgan fingerprint density at radius 2 is 0.825 bits per heavy atom. The second-order valence-corrected chi connectivity index (χ2v) is 21.8. The number of benzene rings is 3. The second-order valence-electron chi connectivity index (χ2n) is 21.8. The van der Waals surface area contributed by atoms with Crippen LogP contribution in [-0.4, -0.2) is 78.2 Å². The van der Waals surface area contributed by atoms with Gasteiger partial charge in [-0.3, -0.25) is 9.59 Å². The van der Waals surface area contributed by atoms with Crippen molar-refractivity contribution in [1.82, 2.24) is 18.9 Å². The number of anilines is 2. The standard InChI is InChI=1S/C64H68B2F4N8O2/c1-15-49-35(7)59-55(60-36(8)50(16-2)40(12)76(60)65(67,68)75(59)39(49)11)43-23-29-47(30-24-43)73(19-5)63(79)53-33-27-45-21-22-46-28-34-54(72-58(46)57(45)71-53)64(80)74(20-6)48-31-25-44(26-32-48)56-61-37(9)51(17-3)41(13)77(61)66(69,70)78-42(14)52(18-4)38(10)62(56)78/h21-34H,15-20H2,1-14H3. The van der Waals surface area contributed by atoms with Crippen molar-refractivity contribution >= 4 is 81.5 Å². The van der Waals surface area contributed by atoms with Crippen LogP contribution in [-0.2, 0) is 12.8 Å². The van der Waals surface area contributed by atoms with Gasteiger partial charge in [-0.05, 0) is 162 Å². The fraction of sp³-hybridized carbons (Fsp3) is 0.312. The lowest BCUT2D eigenvalue weighted by Crippen LogP contribution is -2.51. The highest BCUT2D eigenvalue weighted by Crippen LogP contribution is 2.49. The summed E-state index contributed by atoms with van der Waals surface area (Å²) in [6.45, 7) is 19.1. The first-order chi connectivity index (χ1) is 38.1. The molecule has 80 heavy (non-hydrogen) atoms. The lowest BCUT2D eigenvalue weighted by atomic mass is 9.83. The highest BCUT2D eigenvalue weighted by atomic mass is 19.3. The lowest BCUT2D eigenvalue weighted by Gasteiger charge is -2.34. The Morgan fingerprint density at radius 3 is 1.14 bits per heavy atom. The van der Waals surface area contributed by atoms with Gasteiger partial charge < -0.3 is 45.0 Å². The third-order valence-corrected chi connectivity index (χ3v) is 18.0. The molecule has 0 unspecified atom stereocenters. The SMILES string of the molecule is CCC1=C(C)C2=C(c3ccc(N(CC)C(=O)c4ccc5ccc6ccc(C(=O)N(CC)c7ccc(C8=C9C(C)=C(CC)C(C)=[N+]9[B-](F)(F)n9c(C)c(CC)c(C)c98)cc7)nc6c5n4)cc3)c3c(C)c(CC)c(C)n3[B-](F)(F)[N+]2=C1C. The Balaban J connectivity index is 0.919. The van der Waals surface area contributed by atoms with Crippen LogP contribution in [0.15, 0.2) is 119 Å². The predicted octanol–water partition coefficient (Wildman–Crippen LogP) is 14.5. The van der Waals surface area contributed by atoms with E-state index in [-0.39, 0.29) is 23.2 Å². The van der Waals surface area contributed by atoms with Crippen molar-refractivity contribution in [1.29, 1.82) is 0 Å². The summed E-state index contributed by atoms with van der Waals surface area (Å²) in [5, 5.41) is 1.48. The number of aromatic nitrogens is 4. The number of hydrogen-bond donors (Lipinski definition) is 0. The maximum absolute atomic E-state index is 17.0. The number of carbonyl (C=O) groups is 2. The minimum absolute atomic E-state index is 0.190. The van der Waals surface area contributed by atoms with Gasteiger partial charge in [0.25, 0.3) is 11.8 Å². The summed E-state index contributed by atoms with van der Waals surface area (Å²) in [5.41, 5.74) is 17.1. The van der Waals surface area contributed by atoms with Gasteiger partial charge in [-0.15, -0.1) is 0 Å². The molecule has 4 aromatic heterocycles. The molecule has 0 atom stereocenters. The molecule has 16 heteroatoms. The van der Waals surface area contributed by atoms with Crippen LogP contribution in [0.3, 0.4) is 0 Å². The van der Waals surface area contributed by atoms with Crippen LogP contribution in [0.5, 0.6) is 0 Å². The van der Waals surface area contributed by atoms with Crippen LogP contribution in [0.1, 0.15) is 159 Å². The number of nitrogens with zero attached hydrogens (tertiary/aromatic N) is 8. The first-order valence-corrected chi connectivity index (χ1v) is 28.3. The fourth-order valence-corrected chi connectivity index (χ4v) is 14.3. The van der Waals surface area contributed by atoms with E-state index in [1.807, 2.05) is 142 Å². The smallest absolute Gasteiger partial charge is 0.393 e. The van der Waals surface area contributed by atoms with E-state index in [2.05, 4.69) is 0 Å². The van der Waals surface area contributed by atoms with Crippen LogP contribution < -0.4 is 9.80 Å². The molecule has 10 nitrogen and oxygen atoms in total. The number of halogens is 4. The van der Waals surface area contributed by atoms with E-state index in [0.717, 1.165) is 77.6 Å². The van der Waals surface area contributed by atoms with Gasteiger partial charge >= 0.3 is 13.9 Å². The van der Waals surface area contributed by atoms with Crippen LogP contribution in [0.25, 0.3) is 33.0 Å². The summed E-state index contributed by atoms with van der Waals surface area (Å²) in [6.07, 6.45) is 2.51. The summed E-state index contributed by atoms with van der Waals surface area (Å²) >= 11 is 0. The van der Waals surface area contributed by atoms with E-state index in [1.165, 1.54) is 17.9 Å². The normalized spacial score (nSPS) is 16.4. The Labute approximate surface area is 466 Å². The van der Waals surface area contributed by atoms with Gasteiger partial charge in [-0.25, -0.2) is 9.97 Å². The molecule has 4 aliphatic rings. The van der Waals surface area contributed by atoms with Gasteiger partial charge in [0.15, 0.2) is 11.4 Å². The van der Waals surface area contributed by atoms with Gasteiger partial charge in [-0.1, -0.05) is 76.2 Å². The number of amides is 2. The molecular formula is C64H68B2F4N8O2. The van der Waals surface area contributed by atoms with Crippen LogP contribution in [0.4, 0.5) is 28.6 Å². The molecule has 11 rings (SSSR count). The zero-order valence-electron chi connectivity index (χ0n) is 48.4. The largest absolute Gasteiger partial charge is 0.737 e. The molecule has 2 amide bonds. The van der Waals surface area contributed by atoms with Gasteiger partial charge in [0.2, 0.25) is 0 Å². The summed E-state index contributed by atoms with van der Waals surface area (Å²) < 4.78 is 72.9. The number of rotatable bonds is 12. The summed E-state index contributed by atoms with van der Waals surface area (Å²) in [6, 6.07) is 26.1. The van der Waals surface area contributed by atoms with Crippen molar-refractivity contribution in [2.24, 2.45) is 0 Å². The van der Waals surface area contributed by atoms with Crippen LogP contribution in [0.2, 0.25) is 0 Å². The third-order valence-electron chi connectivity index (χ3n) is 18.0. The van der Waals surface area contributed by atoms with Crippen molar-refractivity contribution < 1.29 is 35.8 Å². The molecule has 0 radical (unpaired) electrons. The predicted molar refractivity (Wildman–Crippen MR) is 318 cm³/mol. The third kappa shape index (κ3) is 7.52. The van der Waals surface area contributed by atoms with E-state index in [1.54, 1.807) is 49.6 Å². The molecule has 8 heterocycles. The fourth-order valence-electron chi connectivity index (χ4n) is 14.3. The number of fused-ring (bicyclic) bond motifs is 7. The Kier molecular flexibility index (Phi) is 13.2. The van der Waals surface area contributed by atoms with Gasteiger partial charge in [0.05, 0.1) is 22.2 Å². The molecule has 0 saturated heterocycles. The molecule has 0 N–H and O–H groups in total. The molecule has 0 aliphatic carbocycles. The quantitative estimate of drug-likeness (QED) is 0.0693. The van der Waals surface area contributed by atoms with E-state index in [4.69, 9.17) is 9.97 Å². The highest BCUT2D eigenvalue weighted by molar-refractivity contribution is 6.59. The lowest BCUT2D eigenvalue weighted by molar-refractivity contribution is -0.364. The number of pyridine rings is 2. The monoisotopic (exact) mass is 1080 g/mol. The average Bonchev–Trinajstić information content (AvgIpc) is 3.69. The summed E-state index contributed by atoms with van der Waals surface area (Å²) in [7, 11) is 0. The average molecular weight is 1080 g/mol. The molecule has 0 fully saturated rings. The number of carbonyl (C=O) groups excluding carboxylic acids is 2. The van der Waals surface area contributed by atoms with Crippen LogP contribution >= 0.6 is 0 Å². The Hall–Kier alpha value is -7.87. The van der Waals surface area contributed by atoms with Crippen molar-refractivity contribution in [3.63, 3.8) is 0 Å². The highest BCUT2D eigenvalue weighted by Gasteiger charge is 2.58. The van der Waals surface area contributed by atoms with E-state index in [9.17, 15) is 9.59 Å². The molecule has 3 aromatic carbocycles.